The van der Waals surface area contributed by atoms with Crippen LogP contribution in [0.1, 0.15) is 39.5 Å². The lowest BCUT2D eigenvalue weighted by Crippen LogP contribution is -2.12. The van der Waals surface area contributed by atoms with Crippen LogP contribution < -0.4 is 5.90 Å². The van der Waals surface area contributed by atoms with Gasteiger partial charge < -0.3 is 5.21 Å². The zero-order valence-corrected chi connectivity index (χ0v) is 7.01. The van der Waals surface area contributed by atoms with Gasteiger partial charge in [0.2, 0.25) is 0 Å². The van der Waals surface area contributed by atoms with Crippen LogP contribution in [-0.2, 0) is 0 Å². The fourth-order valence-corrected chi connectivity index (χ4v) is 1.50. The van der Waals surface area contributed by atoms with Crippen LogP contribution >= 0.6 is 0 Å². The molecule has 2 atom stereocenters. The topological polar surface area (TPSA) is 46.2 Å². The number of hydrogen-bond acceptors (Lipinski definition) is 2. The smallest absolute Gasteiger partial charge is 0.0417 e. The molecule has 0 spiro atoms. The van der Waals surface area contributed by atoms with Crippen LogP contribution in [0, 0.1) is 11.8 Å². The molecule has 0 aromatic heterocycles. The molecule has 2 nitrogen and oxygen atoms in total. The summed E-state index contributed by atoms with van der Waals surface area (Å²) in [6.45, 7) is 4.76. The van der Waals surface area contributed by atoms with Crippen LogP contribution in [0.4, 0.5) is 0 Å². The van der Waals surface area contributed by atoms with Gasteiger partial charge in [0.1, 0.15) is 0 Å². The van der Waals surface area contributed by atoms with Crippen LogP contribution in [0.5, 0.6) is 0 Å². The summed E-state index contributed by atoms with van der Waals surface area (Å²) in [6.07, 6.45) is 5.90. The van der Waals surface area contributed by atoms with Crippen molar-refractivity contribution in [3.05, 3.63) is 0 Å². The molecule has 1 aliphatic carbocycles. The molecule has 0 bridgehead atoms. The Morgan fingerprint density at radius 3 is 1.50 bits per heavy atom. The lowest BCUT2D eigenvalue weighted by molar-refractivity contribution is 0.277. The third-order valence-corrected chi connectivity index (χ3v) is 2.54. The Morgan fingerprint density at radius 1 is 1.00 bits per heavy atom. The molecule has 2 heteroatoms. The molecule has 1 rings (SSSR count). The Kier molecular flexibility index (Phi) is 5.64. The first-order valence-electron chi connectivity index (χ1n) is 4.06. The van der Waals surface area contributed by atoms with E-state index in [9.17, 15) is 0 Å². The molecule has 1 fully saturated rings. The molecule has 1 aliphatic rings. The lowest BCUT2D eigenvalue weighted by Gasteiger charge is -2.24. The fourth-order valence-electron chi connectivity index (χ4n) is 1.50. The summed E-state index contributed by atoms with van der Waals surface area (Å²) in [5.41, 5.74) is 0. The van der Waals surface area contributed by atoms with Gasteiger partial charge in [0.05, 0.1) is 0 Å². The zero-order valence-electron chi connectivity index (χ0n) is 7.01. The minimum Gasteiger partial charge on any atom is -0.320 e. The molecule has 0 aliphatic heterocycles. The first kappa shape index (κ1) is 9.92. The average molecular weight is 145 g/mol. The monoisotopic (exact) mass is 145 g/mol. The average Bonchev–Trinajstić information content (AvgIpc) is 2.00. The van der Waals surface area contributed by atoms with Crippen LogP contribution in [0.3, 0.4) is 0 Å². The molecule has 0 aromatic carbocycles. The SMILES string of the molecule is CC1CCCCC1C.NO. The van der Waals surface area contributed by atoms with E-state index < -0.39 is 0 Å². The highest BCUT2D eigenvalue weighted by molar-refractivity contribution is 4.67. The Bertz CT molecular complexity index is 65.7. The molecule has 0 aromatic rings. The second-order valence-corrected chi connectivity index (χ2v) is 3.24. The molecule has 10 heavy (non-hydrogen) atoms. The molecule has 0 heterocycles. The van der Waals surface area contributed by atoms with Gasteiger partial charge in [0.25, 0.3) is 0 Å². The first-order chi connectivity index (χ1) is 4.80. The van der Waals surface area contributed by atoms with Crippen molar-refractivity contribution in [3.8, 4) is 0 Å². The van der Waals surface area contributed by atoms with Crippen molar-refractivity contribution in [3.63, 3.8) is 0 Å². The van der Waals surface area contributed by atoms with E-state index in [1.165, 1.54) is 25.7 Å². The van der Waals surface area contributed by atoms with Crippen molar-refractivity contribution in [2.75, 3.05) is 0 Å². The lowest BCUT2D eigenvalue weighted by atomic mass is 9.82. The summed E-state index contributed by atoms with van der Waals surface area (Å²) in [7, 11) is 0. The zero-order chi connectivity index (χ0) is 7.98. The van der Waals surface area contributed by atoms with Crippen molar-refractivity contribution in [2.24, 2.45) is 17.7 Å². The van der Waals surface area contributed by atoms with Gasteiger partial charge in [0, 0.05) is 0 Å². The van der Waals surface area contributed by atoms with Gasteiger partial charge in [-0.1, -0.05) is 39.5 Å². The molecule has 0 saturated heterocycles. The van der Waals surface area contributed by atoms with E-state index in [4.69, 9.17) is 5.21 Å². The standard InChI is InChI=1S/C8H16.H3NO/c1-7-5-3-4-6-8(7)2;1-2/h7-8H,3-6H2,1-2H3;2H,1H2. The first-order valence-corrected chi connectivity index (χ1v) is 4.06. The van der Waals surface area contributed by atoms with Gasteiger partial charge in [-0.05, 0) is 11.8 Å². The summed E-state index contributed by atoms with van der Waals surface area (Å²) in [6, 6.07) is 0. The normalized spacial score (nSPS) is 32.4. The minimum absolute atomic E-state index is 1.00. The van der Waals surface area contributed by atoms with Crippen molar-refractivity contribution in [1.82, 2.24) is 0 Å². The highest BCUT2D eigenvalue weighted by Gasteiger charge is 2.15. The van der Waals surface area contributed by atoms with Gasteiger partial charge in [0.15, 0.2) is 0 Å². The summed E-state index contributed by atoms with van der Waals surface area (Å²) in [5, 5.41) is 6.50. The molecule has 3 N–H and O–H groups in total. The van der Waals surface area contributed by atoms with Gasteiger partial charge in [-0.3, -0.25) is 0 Å². The van der Waals surface area contributed by atoms with Crippen molar-refractivity contribution in [2.45, 2.75) is 39.5 Å². The maximum Gasteiger partial charge on any atom is -0.0417 e. The second kappa shape index (κ2) is 5.69. The molecule has 0 radical (unpaired) electrons. The van der Waals surface area contributed by atoms with E-state index in [-0.39, 0.29) is 0 Å². The third kappa shape index (κ3) is 3.18. The summed E-state index contributed by atoms with van der Waals surface area (Å²) >= 11 is 0. The fraction of sp³-hybridized carbons (Fsp3) is 1.00. The number of nitrogens with two attached hydrogens (primary N) is 1. The van der Waals surface area contributed by atoms with E-state index in [0.29, 0.717) is 0 Å². The maximum absolute atomic E-state index is 6.50. The number of rotatable bonds is 0. The predicted octanol–water partition coefficient (Wildman–Crippen LogP) is 2.17. The molecule has 0 amide bonds. The van der Waals surface area contributed by atoms with Gasteiger partial charge in [-0.25, -0.2) is 5.90 Å². The second-order valence-electron chi connectivity index (χ2n) is 3.24. The largest absolute Gasteiger partial charge is 0.320 e. The summed E-state index contributed by atoms with van der Waals surface area (Å²) < 4.78 is 0. The highest BCUT2D eigenvalue weighted by atomic mass is 16.4. The quantitative estimate of drug-likeness (QED) is 0.513. The van der Waals surface area contributed by atoms with E-state index in [0.717, 1.165) is 11.8 Å². The highest BCUT2D eigenvalue weighted by Crippen LogP contribution is 2.28. The van der Waals surface area contributed by atoms with Crippen molar-refractivity contribution in [1.29, 1.82) is 0 Å². The van der Waals surface area contributed by atoms with Crippen LogP contribution in [0.15, 0.2) is 0 Å². The van der Waals surface area contributed by atoms with Crippen molar-refractivity contribution < 1.29 is 5.21 Å². The summed E-state index contributed by atoms with van der Waals surface area (Å²) in [4.78, 5) is 0. The third-order valence-electron chi connectivity index (χ3n) is 2.54. The van der Waals surface area contributed by atoms with Crippen molar-refractivity contribution >= 4 is 0 Å². The van der Waals surface area contributed by atoms with Gasteiger partial charge in [-0.2, -0.15) is 0 Å². The molecular weight excluding hydrogens is 126 g/mol. The van der Waals surface area contributed by atoms with E-state index in [1.807, 2.05) is 0 Å². The van der Waals surface area contributed by atoms with Crippen LogP contribution in [0.2, 0.25) is 0 Å². The minimum atomic E-state index is 1.00. The van der Waals surface area contributed by atoms with E-state index in [2.05, 4.69) is 19.7 Å². The number of hydrogen-bond donors (Lipinski definition) is 2. The molecule has 1 saturated carbocycles. The molecule has 62 valence electrons. The Balaban J connectivity index is 0.000000371. The van der Waals surface area contributed by atoms with Crippen LogP contribution in [0.25, 0.3) is 0 Å². The Hall–Kier alpha value is -0.0800. The molecule has 2 unspecified atom stereocenters. The van der Waals surface area contributed by atoms with E-state index in [1.54, 1.807) is 0 Å². The van der Waals surface area contributed by atoms with Gasteiger partial charge in [-0.15, -0.1) is 0 Å². The van der Waals surface area contributed by atoms with Gasteiger partial charge >= 0.3 is 0 Å². The predicted molar refractivity (Wildman–Crippen MR) is 42.8 cm³/mol. The summed E-state index contributed by atoms with van der Waals surface area (Å²) in [5.74, 6) is 5.51. The maximum atomic E-state index is 6.50. The Labute approximate surface area is 63.4 Å². The molecular formula is C8H19NO. The Morgan fingerprint density at radius 2 is 1.30 bits per heavy atom. The van der Waals surface area contributed by atoms with E-state index >= 15 is 0 Å². The van der Waals surface area contributed by atoms with Crippen LogP contribution in [-0.4, -0.2) is 5.21 Å².